The molecule has 17 heavy (non-hydrogen) atoms. The molecule has 0 bridgehead atoms. The monoisotopic (exact) mass is 257 g/mol. The van der Waals surface area contributed by atoms with Crippen molar-refractivity contribution in [2.24, 2.45) is 0 Å². The van der Waals surface area contributed by atoms with Crippen LogP contribution in [0.2, 0.25) is 0 Å². The lowest BCUT2D eigenvalue weighted by molar-refractivity contribution is 0.538. The van der Waals surface area contributed by atoms with Gasteiger partial charge in [-0.05, 0) is 6.42 Å². The predicted octanol–water partition coefficient (Wildman–Crippen LogP) is 6.67. The highest BCUT2D eigenvalue weighted by Crippen LogP contribution is 2.12. The minimum atomic E-state index is 0.956. The highest BCUT2D eigenvalue weighted by molar-refractivity contribution is 7.80. The first-order chi connectivity index (χ1) is 8.41. The van der Waals surface area contributed by atoms with Crippen molar-refractivity contribution in [2.45, 2.75) is 96.8 Å². The number of hydrogen-bond donors (Lipinski definition) is 0. The molecule has 0 unspecified atom stereocenters. The molecule has 0 saturated carbocycles. The quantitative estimate of drug-likeness (QED) is 0.305. The number of unbranched alkanes of at least 4 members (excludes halogenated alkanes) is 13. The standard InChI is InChI=1S/C16H33S/c1-2-3-4-5-6-7-8-9-10-11-12-13-14-15-16-17/h2-16H2,1H3. The van der Waals surface area contributed by atoms with Crippen molar-refractivity contribution >= 4 is 12.6 Å². The molecule has 0 aromatic rings. The second-order valence-electron chi connectivity index (χ2n) is 5.30. The lowest BCUT2D eigenvalue weighted by Crippen LogP contribution is -1.83. The van der Waals surface area contributed by atoms with E-state index in [1.165, 1.54) is 89.9 Å². The van der Waals surface area contributed by atoms with E-state index in [1.807, 2.05) is 0 Å². The molecule has 0 atom stereocenters. The first kappa shape index (κ1) is 17.4. The molecule has 0 rings (SSSR count). The van der Waals surface area contributed by atoms with Gasteiger partial charge in [-0.25, -0.2) is 0 Å². The molecule has 1 radical (unpaired) electrons. The van der Waals surface area contributed by atoms with Gasteiger partial charge in [0.25, 0.3) is 0 Å². The first-order valence-electron chi connectivity index (χ1n) is 8.00. The minimum Gasteiger partial charge on any atom is -0.0942 e. The van der Waals surface area contributed by atoms with Gasteiger partial charge in [0, 0.05) is 5.75 Å². The molecule has 0 nitrogen and oxygen atoms in total. The molecule has 0 spiro atoms. The summed E-state index contributed by atoms with van der Waals surface area (Å²) >= 11 is 4.94. The summed E-state index contributed by atoms with van der Waals surface area (Å²) in [6.45, 7) is 2.29. The van der Waals surface area contributed by atoms with Crippen LogP contribution in [0, 0.1) is 0 Å². The summed E-state index contributed by atoms with van der Waals surface area (Å²) in [5.74, 6) is 0.956. The third-order valence-corrected chi connectivity index (χ3v) is 3.79. The Morgan fingerprint density at radius 2 is 0.765 bits per heavy atom. The average molecular weight is 258 g/mol. The van der Waals surface area contributed by atoms with Crippen LogP contribution in [0.1, 0.15) is 96.8 Å². The van der Waals surface area contributed by atoms with Gasteiger partial charge in [-0.2, -0.15) is 0 Å². The zero-order valence-corrected chi connectivity index (χ0v) is 12.8. The zero-order chi connectivity index (χ0) is 12.6. The fourth-order valence-electron chi connectivity index (χ4n) is 2.30. The van der Waals surface area contributed by atoms with Crippen molar-refractivity contribution in [2.75, 3.05) is 5.75 Å². The molecule has 0 fully saturated rings. The summed E-state index contributed by atoms with van der Waals surface area (Å²) < 4.78 is 0. The molecule has 0 amide bonds. The maximum Gasteiger partial charge on any atom is 0.00369 e. The molecule has 0 aliphatic heterocycles. The molecule has 1 heteroatoms. The Hall–Kier alpha value is 0.350. The van der Waals surface area contributed by atoms with Crippen LogP contribution in [0.15, 0.2) is 0 Å². The summed E-state index contributed by atoms with van der Waals surface area (Å²) in [5.41, 5.74) is 0. The molecule has 0 N–H and O–H groups in total. The van der Waals surface area contributed by atoms with E-state index in [1.54, 1.807) is 0 Å². The largest absolute Gasteiger partial charge is 0.0942 e. The summed E-state index contributed by atoms with van der Waals surface area (Å²) in [6, 6.07) is 0. The minimum absolute atomic E-state index is 0.956. The van der Waals surface area contributed by atoms with E-state index in [0.717, 1.165) is 5.75 Å². The maximum absolute atomic E-state index is 4.94. The van der Waals surface area contributed by atoms with E-state index in [-0.39, 0.29) is 0 Å². The van der Waals surface area contributed by atoms with Gasteiger partial charge in [-0.15, -0.1) is 0 Å². The predicted molar refractivity (Wildman–Crippen MR) is 82.8 cm³/mol. The second kappa shape index (κ2) is 16.4. The fourth-order valence-corrected chi connectivity index (χ4v) is 2.50. The Bertz CT molecular complexity index is 109. The van der Waals surface area contributed by atoms with Gasteiger partial charge in [0.1, 0.15) is 0 Å². The van der Waals surface area contributed by atoms with E-state index < -0.39 is 0 Å². The Morgan fingerprint density at radius 1 is 0.471 bits per heavy atom. The molecular formula is C16H33S. The molecular weight excluding hydrogens is 224 g/mol. The average Bonchev–Trinajstić information content (AvgIpc) is 2.35. The van der Waals surface area contributed by atoms with Gasteiger partial charge in [-0.1, -0.05) is 103 Å². The van der Waals surface area contributed by atoms with Crippen LogP contribution in [0.5, 0.6) is 0 Å². The summed E-state index contributed by atoms with van der Waals surface area (Å²) in [7, 11) is 0. The van der Waals surface area contributed by atoms with E-state index >= 15 is 0 Å². The summed E-state index contributed by atoms with van der Waals surface area (Å²) in [4.78, 5) is 0. The van der Waals surface area contributed by atoms with Crippen molar-refractivity contribution in [3.63, 3.8) is 0 Å². The Kier molecular flexibility index (Phi) is 16.7. The number of rotatable bonds is 14. The Morgan fingerprint density at radius 3 is 1.06 bits per heavy atom. The highest BCUT2D eigenvalue weighted by Gasteiger charge is 1.93. The fraction of sp³-hybridized carbons (Fsp3) is 1.00. The van der Waals surface area contributed by atoms with Crippen LogP contribution in [-0.2, 0) is 0 Å². The van der Waals surface area contributed by atoms with Crippen LogP contribution in [-0.4, -0.2) is 5.75 Å². The van der Waals surface area contributed by atoms with E-state index in [2.05, 4.69) is 6.92 Å². The van der Waals surface area contributed by atoms with Crippen LogP contribution >= 0.6 is 12.6 Å². The molecule has 0 aromatic carbocycles. The lowest BCUT2D eigenvalue weighted by Gasteiger charge is -2.02. The van der Waals surface area contributed by atoms with Gasteiger partial charge in [0.15, 0.2) is 0 Å². The molecule has 0 aromatic heterocycles. The van der Waals surface area contributed by atoms with Crippen LogP contribution in [0.4, 0.5) is 0 Å². The van der Waals surface area contributed by atoms with Crippen molar-refractivity contribution in [1.82, 2.24) is 0 Å². The smallest absolute Gasteiger partial charge is 0.00369 e. The Balaban J connectivity index is 2.85. The van der Waals surface area contributed by atoms with E-state index in [9.17, 15) is 0 Å². The van der Waals surface area contributed by atoms with Crippen molar-refractivity contribution in [3.05, 3.63) is 0 Å². The van der Waals surface area contributed by atoms with Gasteiger partial charge >= 0.3 is 0 Å². The van der Waals surface area contributed by atoms with Crippen LogP contribution < -0.4 is 0 Å². The highest BCUT2D eigenvalue weighted by atomic mass is 32.1. The van der Waals surface area contributed by atoms with E-state index in [0.29, 0.717) is 0 Å². The van der Waals surface area contributed by atoms with Gasteiger partial charge in [-0.3, -0.25) is 0 Å². The van der Waals surface area contributed by atoms with Gasteiger partial charge in [0.2, 0.25) is 0 Å². The normalized spacial score (nSPS) is 10.9. The van der Waals surface area contributed by atoms with Crippen LogP contribution in [0.3, 0.4) is 0 Å². The third-order valence-electron chi connectivity index (χ3n) is 3.50. The topological polar surface area (TPSA) is 0 Å². The first-order valence-corrected chi connectivity index (χ1v) is 8.57. The van der Waals surface area contributed by atoms with Gasteiger partial charge < -0.3 is 0 Å². The maximum atomic E-state index is 4.94. The van der Waals surface area contributed by atoms with Crippen molar-refractivity contribution in [3.8, 4) is 0 Å². The Labute approximate surface area is 115 Å². The van der Waals surface area contributed by atoms with Crippen molar-refractivity contribution in [1.29, 1.82) is 0 Å². The second-order valence-corrected chi connectivity index (χ2v) is 5.71. The molecule has 0 saturated heterocycles. The summed E-state index contributed by atoms with van der Waals surface area (Å²) in [6.07, 6.45) is 20.0. The van der Waals surface area contributed by atoms with E-state index in [4.69, 9.17) is 12.6 Å². The zero-order valence-electron chi connectivity index (χ0n) is 12.0. The lowest BCUT2D eigenvalue weighted by atomic mass is 10.0. The van der Waals surface area contributed by atoms with Gasteiger partial charge in [0.05, 0.1) is 0 Å². The molecule has 103 valence electrons. The molecule has 0 aliphatic carbocycles. The molecule has 0 aliphatic rings. The number of hydrogen-bond acceptors (Lipinski definition) is 0. The third kappa shape index (κ3) is 16.4. The SMILES string of the molecule is CCCCCCCCCCCCCCCC[S]. The summed E-state index contributed by atoms with van der Waals surface area (Å²) in [5, 5.41) is 0. The van der Waals surface area contributed by atoms with Crippen LogP contribution in [0.25, 0.3) is 0 Å². The van der Waals surface area contributed by atoms with Crippen molar-refractivity contribution < 1.29 is 0 Å². The molecule has 0 heterocycles.